The van der Waals surface area contributed by atoms with Gasteiger partial charge in [-0.3, -0.25) is 4.98 Å². The van der Waals surface area contributed by atoms with Crippen LogP contribution in [0.5, 0.6) is 0 Å². The van der Waals surface area contributed by atoms with Crippen LogP contribution in [0.2, 0.25) is 0 Å². The molecule has 1 aromatic carbocycles. The molecule has 1 aromatic heterocycles. The van der Waals surface area contributed by atoms with E-state index in [0.717, 1.165) is 17.7 Å². The van der Waals surface area contributed by atoms with Crippen LogP contribution < -0.4 is 0 Å². The number of hydrogen-bond acceptors (Lipinski definition) is 2. The second-order valence-electron chi connectivity index (χ2n) is 3.80. The van der Waals surface area contributed by atoms with Crippen LogP contribution in [0.25, 0.3) is 0 Å². The molecule has 0 aliphatic carbocycles. The largest absolute Gasteiger partial charge is 0.383 e. The van der Waals surface area contributed by atoms with Crippen molar-refractivity contribution in [3.05, 3.63) is 65.0 Å². The second-order valence-corrected chi connectivity index (χ2v) is 3.80. The molecule has 0 amide bonds. The highest BCUT2D eigenvalue weighted by Crippen LogP contribution is 2.26. The van der Waals surface area contributed by atoms with Crippen LogP contribution in [0.3, 0.4) is 0 Å². The van der Waals surface area contributed by atoms with Gasteiger partial charge in [0.1, 0.15) is 17.7 Å². The highest BCUT2D eigenvalue weighted by atomic mass is 19.1. The molecule has 1 heterocycles. The monoisotopic (exact) mass is 235 g/mol. The molecule has 0 aliphatic heterocycles. The van der Waals surface area contributed by atoms with Crippen molar-refractivity contribution in [1.29, 1.82) is 0 Å². The molecule has 0 radical (unpaired) electrons. The summed E-state index contributed by atoms with van der Waals surface area (Å²) in [4.78, 5) is 3.88. The summed E-state index contributed by atoms with van der Waals surface area (Å²) in [7, 11) is 0. The van der Waals surface area contributed by atoms with Crippen LogP contribution in [-0.2, 0) is 0 Å². The van der Waals surface area contributed by atoms with Gasteiger partial charge in [-0.05, 0) is 24.6 Å². The minimum absolute atomic E-state index is 0.0440. The number of benzene rings is 1. The first-order valence-electron chi connectivity index (χ1n) is 5.13. The molecule has 0 saturated carbocycles. The van der Waals surface area contributed by atoms with E-state index in [0.29, 0.717) is 5.56 Å². The molecule has 0 bridgehead atoms. The SMILES string of the molecule is Cc1ccncc1C(O)c1ccc(F)cc1F. The van der Waals surface area contributed by atoms with Gasteiger partial charge in [-0.25, -0.2) is 8.78 Å². The highest BCUT2D eigenvalue weighted by molar-refractivity contribution is 5.33. The van der Waals surface area contributed by atoms with Crippen molar-refractivity contribution in [2.75, 3.05) is 0 Å². The van der Waals surface area contributed by atoms with Gasteiger partial charge in [0.15, 0.2) is 0 Å². The Labute approximate surface area is 97.6 Å². The fourth-order valence-electron chi connectivity index (χ4n) is 1.65. The number of pyridine rings is 1. The third-order valence-corrected chi connectivity index (χ3v) is 2.63. The van der Waals surface area contributed by atoms with Gasteiger partial charge in [0.25, 0.3) is 0 Å². The molecule has 0 spiro atoms. The normalized spacial score (nSPS) is 12.5. The van der Waals surface area contributed by atoms with Gasteiger partial charge in [0, 0.05) is 29.6 Å². The van der Waals surface area contributed by atoms with E-state index >= 15 is 0 Å². The molecule has 88 valence electrons. The summed E-state index contributed by atoms with van der Waals surface area (Å²) in [6.07, 6.45) is 1.93. The van der Waals surface area contributed by atoms with Crippen molar-refractivity contribution in [3.63, 3.8) is 0 Å². The van der Waals surface area contributed by atoms with E-state index in [9.17, 15) is 13.9 Å². The summed E-state index contributed by atoms with van der Waals surface area (Å²) in [6, 6.07) is 4.83. The minimum atomic E-state index is -1.13. The molecule has 2 rings (SSSR count). The first-order valence-corrected chi connectivity index (χ1v) is 5.13. The molecule has 1 unspecified atom stereocenters. The van der Waals surface area contributed by atoms with Crippen LogP contribution in [0.15, 0.2) is 36.7 Å². The average Bonchev–Trinajstić information content (AvgIpc) is 2.29. The predicted molar refractivity (Wildman–Crippen MR) is 59.4 cm³/mol. The van der Waals surface area contributed by atoms with Crippen LogP contribution in [0.1, 0.15) is 22.8 Å². The Kier molecular flexibility index (Phi) is 3.15. The summed E-state index contributed by atoms with van der Waals surface area (Å²) in [5.74, 6) is -1.43. The van der Waals surface area contributed by atoms with Crippen molar-refractivity contribution in [3.8, 4) is 0 Å². The molecule has 0 aliphatic rings. The van der Waals surface area contributed by atoms with Gasteiger partial charge in [-0.1, -0.05) is 6.07 Å². The summed E-state index contributed by atoms with van der Waals surface area (Å²) < 4.78 is 26.3. The first kappa shape index (κ1) is 11.7. The molecule has 4 heteroatoms. The lowest BCUT2D eigenvalue weighted by Crippen LogP contribution is -2.05. The van der Waals surface area contributed by atoms with E-state index < -0.39 is 17.7 Å². The first-order chi connectivity index (χ1) is 8.09. The minimum Gasteiger partial charge on any atom is -0.383 e. The van der Waals surface area contributed by atoms with Crippen molar-refractivity contribution < 1.29 is 13.9 Å². The number of aliphatic hydroxyl groups excluding tert-OH is 1. The van der Waals surface area contributed by atoms with Crippen LogP contribution in [0, 0.1) is 18.6 Å². The Balaban J connectivity index is 2.44. The Hall–Kier alpha value is -1.81. The van der Waals surface area contributed by atoms with Gasteiger partial charge in [-0.2, -0.15) is 0 Å². The third kappa shape index (κ3) is 2.31. The molecular weight excluding hydrogens is 224 g/mol. The lowest BCUT2D eigenvalue weighted by molar-refractivity contribution is 0.213. The molecule has 0 saturated heterocycles. The van der Waals surface area contributed by atoms with Crippen molar-refractivity contribution in [2.45, 2.75) is 13.0 Å². The molecular formula is C13H11F2NO. The van der Waals surface area contributed by atoms with Crippen molar-refractivity contribution >= 4 is 0 Å². The Bertz CT molecular complexity index is 543. The number of halogens is 2. The second kappa shape index (κ2) is 4.59. The van der Waals surface area contributed by atoms with E-state index in [1.165, 1.54) is 12.3 Å². The topological polar surface area (TPSA) is 33.1 Å². The zero-order chi connectivity index (χ0) is 12.4. The van der Waals surface area contributed by atoms with E-state index in [2.05, 4.69) is 4.98 Å². The summed E-state index contributed by atoms with van der Waals surface area (Å²) >= 11 is 0. The highest BCUT2D eigenvalue weighted by Gasteiger charge is 2.17. The molecule has 2 nitrogen and oxygen atoms in total. The maximum absolute atomic E-state index is 13.5. The fraction of sp³-hybridized carbons (Fsp3) is 0.154. The zero-order valence-corrected chi connectivity index (χ0v) is 9.19. The molecule has 2 aromatic rings. The number of nitrogens with zero attached hydrogens (tertiary/aromatic N) is 1. The summed E-state index contributed by atoms with van der Waals surface area (Å²) in [6.45, 7) is 1.79. The zero-order valence-electron chi connectivity index (χ0n) is 9.19. The molecule has 1 N–H and O–H groups in total. The smallest absolute Gasteiger partial charge is 0.132 e. The van der Waals surface area contributed by atoms with E-state index in [1.807, 2.05) is 0 Å². The Morgan fingerprint density at radius 1 is 1.18 bits per heavy atom. The van der Waals surface area contributed by atoms with Gasteiger partial charge >= 0.3 is 0 Å². The Morgan fingerprint density at radius 2 is 1.94 bits per heavy atom. The molecule has 0 fully saturated rings. The number of rotatable bonds is 2. The van der Waals surface area contributed by atoms with Crippen LogP contribution in [0.4, 0.5) is 8.78 Å². The van der Waals surface area contributed by atoms with Crippen LogP contribution in [-0.4, -0.2) is 10.1 Å². The maximum atomic E-state index is 13.5. The van der Waals surface area contributed by atoms with E-state index in [1.54, 1.807) is 19.2 Å². The van der Waals surface area contributed by atoms with E-state index in [4.69, 9.17) is 0 Å². The summed E-state index contributed by atoms with van der Waals surface area (Å²) in [5, 5.41) is 10.0. The quantitative estimate of drug-likeness (QED) is 0.868. The van der Waals surface area contributed by atoms with E-state index in [-0.39, 0.29) is 5.56 Å². The number of aromatic nitrogens is 1. The molecule has 17 heavy (non-hydrogen) atoms. The van der Waals surface area contributed by atoms with Gasteiger partial charge in [0.05, 0.1) is 0 Å². The number of aliphatic hydroxyl groups is 1. The number of aryl methyl sites for hydroxylation is 1. The van der Waals surface area contributed by atoms with Crippen molar-refractivity contribution in [1.82, 2.24) is 4.98 Å². The van der Waals surface area contributed by atoms with Gasteiger partial charge < -0.3 is 5.11 Å². The third-order valence-electron chi connectivity index (χ3n) is 2.63. The lowest BCUT2D eigenvalue weighted by Gasteiger charge is -2.14. The van der Waals surface area contributed by atoms with Crippen molar-refractivity contribution in [2.24, 2.45) is 0 Å². The van der Waals surface area contributed by atoms with Crippen LogP contribution >= 0.6 is 0 Å². The number of hydrogen-bond donors (Lipinski definition) is 1. The van der Waals surface area contributed by atoms with Gasteiger partial charge in [-0.15, -0.1) is 0 Å². The molecule has 1 atom stereocenters. The average molecular weight is 235 g/mol. The fourth-order valence-corrected chi connectivity index (χ4v) is 1.65. The lowest BCUT2D eigenvalue weighted by atomic mass is 9.99. The Morgan fingerprint density at radius 3 is 2.59 bits per heavy atom. The summed E-state index contributed by atoms with van der Waals surface area (Å²) in [5.41, 5.74) is 1.36. The predicted octanol–water partition coefficient (Wildman–Crippen LogP) is 2.75. The standard InChI is InChI=1S/C13H11F2NO/c1-8-4-5-16-7-11(8)13(17)10-3-2-9(14)6-12(10)15/h2-7,13,17H,1H3. The maximum Gasteiger partial charge on any atom is 0.132 e. The van der Waals surface area contributed by atoms with Gasteiger partial charge in [0.2, 0.25) is 0 Å².